The first-order valence-electron chi connectivity index (χ1n) is 6.33. The lowest BCUT2D eigenvalue weighted by atomic mass is 10.1. The fraction of sp³-hybridized carbons (Fsp3) is 0.429. The molecule has 0 fully saturated rings. The van der Waals surface area contributed by atoms with E-state index in [1.165, 1.54) is 0 Å². The van der Waals surface area contributed by atoms with Gasteiger partial charge in [0.25, 0.3) is 0 Å². The van der Waals surface area contributed by atoms with Gasteiger partial charge in [-0.15, -0.1) is 0 Å². The van der Waals surface area contributed by atoms with Gasteiger partial charge in [-0.1, -0.05) is 6.07 Å². The molecule has 0 unspecified atom stereocenters. The number of amides is 2. The molecule has 0 aromatic heterocycles. The van der Waals surface area contributed by atoms with E-state index in [0.29, 0.717) is 6.54 Å². The number of hydrogen-bond acceptors (Lipinski definition) is 3. The van der Waals surface area contributed by atoms with Crippen molar-refractivity contribution in [2.24, 2.45) is 5.73 Å². The SMILES string of the molecule is CCN(C(=O)CNC(=O)CN)c1cc(C)cc(C)c1. The van der Waals surface area contributed by atoms with Gasteiger partial charge in [0.2, 0.25) is 11.8 Å². The Morgan fingerprint density at radius 3 is 2.26 bits per heavy atom. The third-order valence-electron chi connectivity index (χ3n) is 2.76. The highest BCUT2D eigenvalue weighted by molar-refractivity contribution is 5.96. The summed E-state index contributed by atoms with van der Waals surface area (Å²) >= 11 is 0. The van der Waals surface area contributed by atoms with Crippen LogP contribution in [0.15, 0.2) is 18.2 Å². The number of carbonyl (C=O) groups excluding carboxylic acids is 2. The Morgan fingerprint density at radius 1 is 1.21 bits per heavy atom. The Labute approximate surface area is 113 Å². The molecule has 0 atom stereocenters. The van der Waals surface area contributed by atoms with E-state index < -0.39 is 0 Å². The van der Waals surface area contributed by atoms with Gasteiger partial charge in [-0.2, -0.15) is 0 Å². The molecule has 0 spiro atoms. The van der Waals surface area contributed by atoms with Gasteiger partial charge in [0, 0.05) is 12.2 Å². The van der Waals surface area contributed by atoms with Crippen LogP contribution in [0.5, 0.6) is 0 Å². The first-order chi connectivity index (χ1) is 8.97. The van der Waals surface area contributed by atoms with Crippen molar-refractivity contribution in [1.29, 1.82) is 0 Å². The van der Waals surface area contributed by atoms with Crippen molar-refractivity contribution in [3.05, 3.63) is 29.3 Å². The summed E-state index contributed by atoms with van der Waals surface area (Å²) in [4.78, 5) is 24.8. The van der Waals surface area contributed by atoms with E-state index in [1.54, 1.807) is 4.90 Å². The summed E-state index contributed by atoms with van der Waals surface area (Å²) in [6.07, 6.45) is 0. The highest BCUT2D eigenvalue weighted by Gasteiger charge is 2.14. The van der Waals surface area contributed by atoms with Crippen LogP contribution in [0.2, 0.25) is 0 Å². The normalized spacial score (nSPS) is 10.1. The summed E-state index contributed by atoms with van der Waals surface area (Å²) < 4.78 is 0. The van der Waals surface area contributed by atoms with E-state index in [0.717, 1.165) is 16.8 Å². The molecule has 1 aromatic carbocycles. The van der Waals surface area contributed by atoms with E-state index in [9.17, 15) is 9.59 Å². The van der Waals surface area contributed by atoms with Crippen LogP contribution >= 0.6 is 0 Å². The molecule has 104 valence electrons. The van der Waals surface area contributed by atoms with E-state index in [-0.39, 0.29) is 24.9 Å². The summed E-state index contributed by atoms with van der Waals surface area (Å²) in [5.74, 6) is -0.473. The fourth-order valence-electron chi connectivity index (χ4n) is 1.95. The van der Waals surface area contributed by atoms with Gasteiger partial charge in [0.05, 0.1) is 13.1 Å². The van der Waals surface area contributed by atoms with Crippen molar-refractivity contribution >= 4 is 17.5 Å². The number of rotatable bonds is 5. The second-order valence-corrected chi connectivity index (χ2v) is 4.46. The minimum atomic E-state index is -0.329. The average Bonchev–Trinajstić information content (AvgIpc) is 2.35. The van der Waals surface area contributed by atoms with Gasteiger partial charge in [-0.3, -0.25) is 9.59 Å². The summed E-state index contributed by atoms with van der Waals surface area (Å²) in [5.41, 5.74) is 8.24. The first-order valence-corrected chi connectivity index (χ1v) is 6.33. The number of nitrogens with two attached hydrogens (primary N) is 1. The molecular weight excluding hydrogens is 242 g/mol. The zero-order valence-corrected chi connectivity index (χ0v) is 11.7. The molecule has 1 rings (SSSR count). The van der Waals surface area contributed by atoms with Gasteiger partial charge in [0.1, 0.15) is 0 Å². The van der Waals surface area contributed by atoms with Crippen molar-refractivity contribution < 1.29 is 9.59 Å². The minimum Gasteiger partial charge on any atom is -0.346 e. The largest absolute Gasteiger partial charge is 0.346 e. The van der Waals surface area contributed by atoms with Crippen LogP contribution in [0.3, 0.4) is 0 Å². The maximum atomic E-state index is 12.1. The van der Waals surface area contributed by atoms with E-state index in [4.69, 9.17) is 5.73 Å². The number of nitrogens with one attached hydrogen (secondary N) is 1. The number of carbonyl (C=O) groups is 2. The molecule has 0 saturated heterocycles. The van der Waals surface area contributed by atoms with Crippen LogP contribution in [-0.2, 0) is 9.59 Å². The van der Waals surface area contributed by atoms with Gasteiger partial charge in [-0.05, 0) is 44.0 Å². The Morgan fingerprint density at radius 2 is 1.79 bits per heavy atom. The highest BCUT2D eigenvalue weighted by Crippen LogP contribution is 2.18. The zero-order valence-electron chi connectivity index (χ0n) is 11.7. The topological polar surface area (TPSA) is 75.4 Å². The van der Waals surface area contributed by atoms with E-state index >= 15 is 0 Å². The van der Waals surface area contributed by atoms with Gasteiger partial charge in [-0.25, -0.2) is 0 Å². The lowest BCUT2D eigenvalue weighted by Crippen LogP contribution is -2.42. The number of hydrogen-bond donors (Lipinski definition) is 2. The fourth-order valence-corrected chi connectivity index (χ4v) is 1.95. The van der Waals surface area contributed by atoms with Crippen LogP contribution in [0, 0.1) is 13.8 Å². The molecule has 0 aliphatic rings. The number of likely N-dealkylation sites (N-methyl/N-ethyl adjacent to an activating group) is 1. The summed E-state index contributed by atoms with van der Waals surface area (Å²) in [5, 5.41) is 2.49. The second kappa shape index (κ2) is 6.89. The highest BCUT2D eigenvalue weighted by atomic mass is 16.2. The van der Waals surface area contributed by atoms with Crippen LogP contribution < -0.4 is 16.0 Å². The molecule has 5 heteroatoms. The van der Waals surface area contributed by atoms with Crippen molar-refractivity contribution in [3.63, 3.8) is 0 Å². The minimum absolute atomic E-state index is 0.0309. The molecule has 1 aromatic rings. The molecule has 0 saturated carbocycles. The third kappa shape index (κ3) is 4.37. The standard InChI is InChI=1S/C14H21N3O2/c1-4-17(14(19)9-16-13(18)8-15)12-6-10(2)5-11(3)7-12/h5-7H,4,8-9,15H2,1-3H3,(H,16,18). The number of aryl methyl sites for hydroxylation is 2. The van der Waals surface area contributed by atoms with Crippen molar-refractivity contribution in [2.45, 2.75) is 20.8 Å². The quantitative estimate of drug-likeness (QED) is 0.822. The van der Waals surface area contributed by atoms with Crippen LogP contribution in [0.4, 0.5) is 5.69 Å². The monoisotopic (exact) mass is 263 g/mol. The molecule has 0 aliphatic carbocycles. The first kappa shape index (κ1) is 15.2. The lowest BCUT2D eigenvalue weighted by molar-refractivity contribution is -0.124. The smallest absolute Gasteiger partial charge is 0.246 e. The molecule has 0 aliphatic heterocycles. The maximum Gasteiger partial charge on any atom is 0.246 e. The summed E-state index contributed by atoms with van der Waals surface area (Å²) in [6, 6.07) is 5.97. The summed E-state index contributed by atoms with van der Waals surface area (Å²) in [6.45, 7) is 6.30. The molecular formula is C14H21N3O2. The Bertz CT molecular complexity index is 452. The number of benzene rings is 1. The molecule has 5 nitrogen and oxygen atoms in total. The Balaban J connectivity index is 2.81. The lowest BCUT2D eigenvalue weighted by Gasteiger charge is -2.22. The molecule has 0 heterocycles. The van der Waals surface area contributed by atoms with Crippen LogP contribution in [-0.4, -0.2) is 31.4 Å². The van der Waals surface area contributed by atoms with E-state index in [2.05, 4.69) is 11.4 Å². The van der Waals surface area contributed by atoms with Crippen molar-refractivity contribution in [2.75, 3.05) is 24.5 Å². The average molecular weight is 263 g/mol. The van der Waals surface area contributed by atoms with E-state index in [1.807, 2.05) is 32.9 Å². The predicted molar refractivity (Wildman–Crippen MR) is 76.0 cm³/mol. The van der Waals surface area contributed by atoms with Gasteiger partial charge < -0.3 is 16.0 Å². The number of anilines is 1. The predicted octanol–water partition coefficient (Wildman–Crippen LogP) is 0.731. The Kier molecular flexibility index (Phi) is 5.51. The summed E-state index contributed by atoms with van der Waals surface area (Å²) in [7, 11) is 0. The maximum absolute atomic E-state index is 12.1. The molecule has 2 amide bonds. The number of nitrogens with zero attached hydrogens (tertiary/aromatic N) is 1. The Hall–Kier alpha value is -1.88. The molecule has 3 N–H and O–H groups in total. The molecule has 0 bridgehead atoms. The van der Waals surface area contributed by atoms with Crippen molar-refractivity contribution in [3.8, 4) is 0 Å². The van der Waals surface area contributed by atoms with Gasteiger partial charge >= 0.3 is 0 Å². The van der Waals surface area contributed by atoms with Gasteiger partial charge in [0.15, 0.2) is 0 Å². The molecule has 19 heavy (non-hydrogen) atoms. The van der Waals surface area contributed by atoms with Crippen LogP contribution in [0.1, 0.15) is 18.1 Å². The second-order valence-electron chi connectivity index (χ2n) is 4.46. The van der Waals surface area contributed by atoms with Crippen LogP contribution in [0.25, 0.3) is 0 Å². The molecule has 0 radical (unpaired) electrons. The zero-order chi connectivity index (χ0) is 14.4. The third-order valence-corrected chi connectivity index (χ3v) is 2.76. The van der Waals surface area contributed by atoms with Crippen molar-refractivity contribution in [1.82, 2.24) is 5.32 Å².